The van der Waals surface area contributed by atoms with Gasteiger partial charge in [-0.15, -0.1) is 5.10 Å². The topological polar surface area (TPSA) is 81.2 Å². The highest BCUT2D eigenvalue weighted by atomic mass is 16.4. The highest BCUT2D eigenvalue weighted by Gasteiger charge is 2.16. The van der Waals surface area contributed by atoms with Crippen molar-refractivity contribution in [2.75, 3.05) is 5.32 Å². The molecule has 2 heterocycles. The van der Waals surface area contributed by atoms with E-state index in [-0.39, 0.29) is 11.9 Å². The van der Waals surface area contributed by atoms with Gasteiger partial charge in [0.05, 0.1) is 12.0 Å². The van der Waals surface area contributed by atoms with Crippen LogP contribution in [0.25, 0.3) is 0 Å². The predicted molar refractivity (Wildman–Crippen MR) is 93.8 cm³/mol. The molecule has 1 amide bonds. The fourth-order valence-corrected chi connectivity index (χ4v) is 2.59. The van der Waals surface area contributed by atoms with E-state index in [0.717, 1.165) is 5.56 Å². The quantitative estimate of drug-likeness (QED) is 0.751. The maximum atomic E-state index is 12.2. The van der Waals surface area contributed by atoms with E-state index in [1.807, 2.05) is 0 Å². The number of nitrogens with zero attached hydrogens (tertiary/aromatic N) is 2. The largest absolute Gasteiger partial charge is 0.466 e. The van der Waals surface area contributed by atoms with E-state index >= 15 is 0 Å². The van der Waals surface area contributed by atoms with Crippen molar-refractivity contribution in [2.45, 2.75) is 40.0 Å². The zero-order valence-corrected chi connectivity index (χ0v) is 14.8. The first-order chi connectivity index (χ1) is 11.9. The molecule has 2 aromatic heterocycles. The molecule has 3 rings (SSSR count). The van der Waals surface area contributed by atoms with Crippen LogP contribution in [-0.4, -0.2) is 16.1 Å². The van der Waals surface area contributed by atoms with E-state index in [0.29, 0.717) is 35.3 Å². The molecule has 0 saturated heterocycles. The number of amides is 1. The Bertz CT molecular complexity index is 876. The maximum absolute atomic E-state index is 12.2. The smallest absolute Gasteiger partial charge is 0.322 e. The average molecular weight is 339 g/mol. The number of carbonyl (C=O) groups excluding carboxylic acids is 1. The molecule has 0 aliphatic rings. The van der Waals surface area contributed by atoms with Crippen LogP contribution in [0.1, 0.15) is 58.7 Å². The third-order valence-electron chi connectivity index (χ3n) is 3.97. The summed E-state index contributed by atoms with van der Waals surface area (Å²) in [5, 5.41) is 10.5. The minimum atomic E-state index is -0.328. The van der Waals surface area contributed by atoms with Gasteiger partial charge in [-0.2, -0.15) is 0 Å². The first kappa shape index (κ1) is 17.0. The Morgan fingerprint density at radius 2 is 1.84 bits per heavy atom. The van der Waals surface area contributed by atoms with Crippen LogP contribution in [0.3, 0.4) is 0 Å². The Labute approximate surface area is 146 Å². The molecule has 0 bridgehead atoms. The lowest BCUT2D eigenvalue weighted by Gasteiger charge is -2.05. The standard InChI is InChI=1S/C19H21N3O3/c1-11(2)15-7-5-14(6-8-15)10-17-21-22-19(25-17)20-18(23)16-9-12(3)24-13(16)4/h5-9,11H,10H2,1-4H3,(H,20,22,23). The molecule has 1 N–H and O–H groups in total. The number of hydrogen-bond acceptors (Lipinski definition) is 5. The Morgan fingerprint density at radius 3 is 2.44 bits per heavy atom. The highest BCUT2D eigenvalue weighted by Crippen LogP contribution is 2.18. The third-order valence-corrected chi connectivity index (χ3v) is 3.97. The monoisotopic (exact) mass is 339 g/mol. The van der Waals surface area contributed by atoms with Gasteiger partial charge in [0.1, 0.15) is 11.5 Å². The first-order valence-electron chi connectivity index (χ1n) is 8.22. The van der Waals surface area contributed by atoms with Gasteiger partial charge in [-0.3, -0.25) is 10.1 Å². The van der Waals surface area contributed by atoms with Crippen LogP contribution in [0.4, 0.5) is 6.01 Å². The summed E-state index contributed by atoms with van der Waals surface area (Å²) in [7, 11) is 0. The summed E-state index contributed by atoms with van der Waals surface area (Å²) >= 11 is 0. The number of anilines is 1. The molecule has 6 heteroatoms. The summed E-state index contributed by atoms with van der Waals surface area (Å²) in [6.07, 6.45) is 0.519. The molecular weight excluding hydrogens is 318 g/mol. The second kappa shape index (κ2) is 6.93. The van der Waals surface area contributed by atoms with Gasteiger partial charge < -0.3 is 8.83 Å². The molecule has 0 unspecified atom stereocenters. The van der Waals surface area contributed by atoms with Gasteiger partial charge in [-0.1, -0.05) is 43.2 Å². The van der Waals surface area contributed by atoms with Crippen molar-refractivity contribution in [1.82, 2.24) is 10.2 Å². The SMILES string of the molecule is Cc1cc(C(=O)Nc2nnc(Cc3ccc(C(C)C)cc3)o2)c(C)o1. The lowest BCUT2D eigenvalue weighted by Crippen LogP contribution is -2.12. The molecule has 0 spiro atoms. The minimum Gasteiger partial charge on any atom is -0.466 e. The lowest BCUT2D eigenvalue weighted by atomic mass is 10.0. The Kier molecular flexibility index (Phi) is 4.70. The number of aromatic nitrogens is 2. The first-order valence-corrected chi connectivity index (χ1v) is 8.22. The minimum absolute atomic E-state index is 0.0806. The van der Waals surface area contributed by atoms with Crippen molar-refractivity contribution < 1.29 is 13.6 Å². The molecule has 1 aromatic carbocycles. The molecule has 0 aliphatic carbocycles. The van der Waals surface area contributed by atoms with Gasteiger partial charge in [0, 0.05) is 0 Å². The van der Waals surface area contributed by atoms with Crippen LogP contribution in [0.5, 0.6) is 0 Å². The number of nitrogens with one attached hydrogen (secondary N) is 1. The van der Waals surface area contributed by atoms with Crippen LogP contribution in [0.2, 0.25) is 0 Å². The molecule has 130 valence electrons. The second-order valence-corrected chi connectivity index (χ2v) is 6.36. The van der Waals surface area contributed by atoms with Crippen LogP contribution < -0.4 is 5.32 Å². The van der Waals surface area contributed by atoms with Gasteiger partial charge in [-0.05, 0) is 37.0 Å². The van der Waals surface area contributed by atoms with Crippen LogP contribution in [-0.2, 0) is 6.42 Å². The van der Waals surface area contributed by atoms with Crippen molar-refractivity contribution in [3.8, 4) is 0 Å². The van der Waals surface area contributed by atoms with Gasteiger partial charge in [0.25, 0.3) is 5.91 Å². The van der Waals surface area contributed by atoms with Gasteiger partial charge in [0.2, 0.25) is 5.89 Å². The van der Waals surface area contributed by atoms with E-state index in [1.165, 1.54) is 5.56 Å². The summed E-state index contributed by atoms with van der Waals surface area (Å²) in [4.78, 5) is 12.2. The zero-order chi connectivity index (χ0) is 18.0. The molecule has 25 heavy (non-hydrogen) atoms. The average Bonchev–Trinajstić information content (AvgIpc) is 3.13. The Morgan fingerprint density at radius 1 is 1.12 bits per heavy atom. The van der Waals surface area contributed by atoms with E-state index in [4.69, 9.17) is 8.83 Å². The number of furan rings is 1. The Balaban J connectivity index is 1.66. The summed E-state index contributed by atoms with van der Waals surface area (Å²) in [5.41, 5.74) is 2.82. The lowest BCUT2D eigenvalue weighted by molar-refractivity contribution is 0.102. The van der Waals surface area contributed by atoms with Crippen molar-refractivity contribution in [2.24, 2.45) is 0 Å². The highest BCUT2D eigenvalue weighted by molar-refractivity contribution is 6.03. The molecule has 0 atom stereocenters. The molecule has 0 aliphatic heterocycles. The number of rotatable bonds is 5. The van der Waals surface area contributed by atoms with Crippen molar-refractivity contribution in [3.05, 3.63) is 64.4 Å². The molecule has 0 radical (unpaired) electrons. The maximum Gasteiger partial charge on any atom is 0.322 e. The van der Waals surface area contributed by atoms with E-state index < -0.39 is 0 Å². The number of carbonyl (C=O) groups is 1. The van der Waals surface area contributed by atoms with Gasteiger partial charge >= 0.3 is 6.01 Å². The summed E-state index contributed by atoms with van der Waals surface area (Å²) in [5.74, 6) is 1.85. The predicted octanol–water partition coefficient (Wildman–Crippen LogP) is 4.25. The normalized spacial score (nSPS) is 11.1. The van der Waals surface area contributed by atoms with Crippen LogP contribution in [0.15, 0.2) is 39.2 Å². The van der Waals surface area contributed by atoms with Crippen LogP contribution >= 0.6 is 0 Å². The van der Waals surface area contributed by atoms with E-state index in [9.17, 15) is 4.79 Å². The summed E-state index contributed by atoms with van der Waals surface area (Å²) in [6.45, 7) is 7.84. The summed E-state index contributed by atoms with van der Waals surface area (Å²) < 4.78 is 10.9. The van der Waals surface area contributed by atoms with Crippen molar-refractivity contribution in [1.29, 1.82) is 0 Å². The van der Waals surface area contributed by atoms with Gasteiger partial charge in [0.15, 0.2) is 0 Å². The van der Waals surface area contributed by atoms with Crippen molar-refractivity contribution in [3.63, 3.8) is 0 Å². The third kappa shape index (κ3) is 3.96. The molecule has 3 aromatic rings. The zero-order valence-electron chi connectivity index (χ0n) is 14.8. The van der Waals surface area contributed by atoms with Crippen LogP contribution in [0, 0.1) is 13.8 Å². The van der Waals surface area contributed by atoms with Crippen molar-refractivity contribution >= 4 is 11.9 Å². The number of aryl methyl sites for hydroxylation is 2. The van der Waals surface area contributed by atoms with Gasteiger partial charge in [-0.25, -0.2) is 0 Å². The fraction of sp³-hybridized carbons (Fsp3) is 0.316. The summed E-state index contributed by atoms with van der Waals surface area (Å²) in [6, 6.07) is 10.1. The number of benzene rings is 1. The molecule has 0 fully saturated rings. The fourth-order valence-electron chi connectivity index (χ4n) is 2.59. The van der Waals surface area contributed by atoms with E-state index in [2.05, 4.69) is 53.6 Å². The second-order valence-electron chi connectivity index (χ2n) is 6.36. The van der Waals surface area contributed by atoms with E-state index in [1.54, 1.807) is 19.9 Å². The molecular formula is C19H21N3O3. The molecule has 0 saturated carbocycles. The number of hydrogen-bond donors (Lipinski definition) is 1. The Hall–Kier alpha value is -2.89. The molecule has 6 nitrogen and oxygen atoms in total.